The van der Waals surface area contributed by atoms with E-state index in [-0.39, 0.29) is 11.6 Å². The van der Waals surface area contributed by atoms with Crippen LogP contribution in [0.3, 0.4) is 0 Å². The second-order valence-electron chi connectivity index (χ2n) is 6.32. The Morgan fingerprint density at radius 2 is 2.05 bits per heavy atom. The summed E-state index contributed by atoms with van der Waals surface area (Å²) in [7, 11) is 1.77. The van der Waals surface area contributed by atoms with Gasteiger partial charge in [0.2, 0.25) is 0 Å². The molecule has 1 aliphatic rings. The maximum atomic E-state index is 5.88. The van der Waals surface area contributed by atoms with Gasteiger partial charge in [0.15, 0.2) is 0 Å². The zero-order chi connectivity index (χ0) is 15.3. The van der Waals surface area contributed by atoms with Crippen LogP contribution < -0.4 is 11.3 Å². The minimum absolute atomic E-state index is 0.0153. The Bertz CT molecular complexity index is 442. The van der Waals surface area contributed by atoms with E-state index >= 15 is 0 Å². The van der Waals surface area contributed by atoms with E-state index in [0.29, 0.717) is 5.92 Å². The number of hydrogen-bond donors (Lipinski definition) is 2. The van der Waals surface area contributed by atoms with Crippen LogP contribution in [0.25, 0.3) is 0 Å². The number of rotatable bonds is 6. The molecule has 4 heteroatoms. The van der Waals surface area contributed by atoms with Gasteiger partial charge >= 0.3 is 0 Å². The highest BCUT2D eigenvalue weighted by Crippen LogP contribution is 2.37. The van der Waals surface area contributed by atoms with Gasteiger partial charge in [-0.1, -0.05) is 38.1 Å². The standard InChI is InChI=1S/C17H28N2O2/c1-13(2)11-14-5-4-6-15(12-14)16(19-18)17(20-3)7-9-21-10-8-17/h4-6,12-13,16,19H,7-11,18H2,1-3H3. The molecule has 0 saturated carbocycles. The number of benzene rings is 1. The van der Waals surface area contributed by atoms with Crippen molar-refractivity contribution < 1.29 is 9.47 Å². The highest BCUT2D eigenvalue weighted by atomic mass is 16.5. The Morgan fingerprint density at radius 3 is 2.62 bits per heavy atom. The molecule has 0 spiro atoms. The van der Waals surface area contributed by atoms with Crippen LogP contribution in [0, 0.1) is 5.92 Å². The molecule has 0 radical (unpaired) electrons. The molecule has 4 nitrogen and oxygen atoms in total. The van der Waals surface area contributed by atoms with E-state index in [0.717, 1.165) is 32.5 Å². The van der Waals surface area contributed by atoms with E-state index in [9.17, 15) is 0 Å². The first-order valence-electron chi connectivity index (χ1n) is 7.79. The van der Waals surface area contributed by atoms with Gasteiger partial charge in [0.1, 0.15) is 0 Å². The summed E-state index contributed by atoms with van der Waals surface area (Å²) in [6.45, 7) is 5.91. The Morgan fingerprint density at radius 1 is 1.33 bits per heavy atom. The lowest BCUT2D eigenvalue weighted by Crippen LogP contribution is -2.51. The molecule has 1 fully saturated rings. The van der Waals surface area contributed by atoms with Crippen LogP contribution in [-0.2, 0) is 15.9 Å². The summed E-state index contributed by atoms with van der Waals surface area (Å²) in [4.78, 5) is 0. The molecule has 1 aromatic carbocycles. The summed E-state index contributed by atoms with van der Waals surface area (Å²) < 4.78 is 11.4. The summed E-state index contributed by atoms with van der Waals surface area (Å²) in [6.07, 6.45) is 2.79. The zero-order valence-electron chi connectivity index (χ0n) is 13.4. The molecule has 1 atom stereocenters. The predicted octanol–water partition coefficient (Wildman–Crippen LogP) is 2.59. The van der Waals surface area contributed by atoms with Crippen molar-refractivity contribution in [1.82, 2.24) is 5.43 Å². The van der Waals surface area contributed by atoms with E-state index in [1.54, 1.807) is 7.11 Å². The molecular weight excluding hydrogens is 264 g/mol. The van der Waals surface area contributed by atoms with Gasteiger partial charge in [0.25, 0.3) is 0 Å². The van der Waals surface area contributed by atoms with E-state index in [2.05, 4.69) is 43.5 Å². The minimum Gasteiger partial charge on any atom is -0.381 e. The van der Waals surface area contributed by atoms with Crippen molar-refractivity contribution >= 4 is 0 Å². The summed E-state index contributed by atoms with van der Waals surface area (Å²) >= 11 is 0. The van der Waals surface area contributed by atoms with Gasteiger partial charge < -0.3 is 9.47 Å². The third kappa shape index (κ3) is 3.83. The average molecular weight is 292 g/mol. The first-order valence-corrected chi connectivity index (χ1v) is 7.79. The fraction of sp³-hybridized carbons (Fsp3) is 0.647. The molecule has 1 aliphatic heterocycles. The summed E-state index contributed by atoms with van der Waals surface area (Å²) in [5.41, 5.74) is 5.23. The van der Waals surface area contributed by atoms with Crippen molar-refractivity contribution in [2.24, 2.45) is 11.8 Å². The lowest BCUT2D eigenvalue weighted by atomic mass is 9.81. The second kappa shape index (κ2) is 7.36. The number of hydrazine groups is 1. The predicted molar refractivity (Wildman–Crippen MR) is 84.8 cm³/mol. The molecule has 1 saturated heterocycles. The molecule has 0 bridgehead atoms. The van der Waals surface area contributed by atoms with Crippen LogP contribution >= 0.6 is 0 Å². The largest absolute Gasteiger partial charge is 0.381 e. The number of methoxy groups -OCH3 is 1. The molecule has 0 aromatic heterocycles. The van der Waals surface area contributed by atoms with Crippen LogP contribution in [0.2, 0.25) is 0 Å². The molecule has 1 unspecified atom stereocenters. The number of nitrogens with one attached hydrogen (secondary N) is 1. The van der Waals surface area contributed by atoms with Gasteiger partial charge in [-0.2, -0.15) is 0 Å². The number of nitrogens with two attached hydrogens (primary N) is 1. The van der Waals surface area contributed by atoms with Gasteiger partial charge in [0.05, 0.1) is 11.6 Å². The van der Waals surface area contributed by atoms with Crippen molar-refractivity contribution in [3.63, 3.8) is 0 Å². The SMILES string of the molecule is COC1(C(NN)c2cccc(CC(C)C)c2)CCOCC1. The maximum absolute atomic E-state index is 5.88. The second-order valence-corrected chi connectivity index (χ2v) is 6.32. The van der Waals surface area contributed by atoms with Crippen molar-refractivity contribution in [3.8, 4) is 0 Å². The molecule has 21 heavy (non-hydrogen) atoms. The summed E-state index contributed by atoms with van der Waals surface area (Å²) in [6, 6.07) is 8.66. The summed E-state index contributed by atoms with van der Waals surface area (Å²) in [5.74, 6) is 6.52. The zero-order valence-corrected chi connectivity index (χ0v) is 13.4. The van der Waals surface area contributed by atoms with Gasteiger partial charge in [0, 0.05) is 33.2 Å². The topological polar surface area (TPSA) is 56.5 Å². The average Bonchev–Trinajstić information content (AvgIpc) is 2.48. The summed E-state index contributed by atoms with van der Waals surface area (Å²) in [5, 5.41) is 0. The lowest BCUT2D eigenvalue weighted by molar-refractivity contribution is -0.111. The first kappa shape index (κ1) is 16.4. The van der Waals surface area contributed by atoms with Crippen LogP contribution in [0.15, 0.2) is 24.3 Å². The molecule has 0 aliphatic carbocycles. The quantitative estimate of drug-likeness (QED) is 0.625. The smallest absolute Gasteiger partial charge is 0.0929 e. The van der Waals surface area contributed by atoms with E-state index < -0.39 is 0 Å². The minimum atomic E-state index is -0.288. The third-order valence-corrected chi connectivity index (χ3v) is 4.37. The molecule has 2 rings (SSSR count). The number of ether oxygens (including phenoxy) is 2. The Kier molecular flexibility index (Phi) is 5.76. The number of hydrogen-bond acceptors (Lipinski definition) is 4. The van der Waals surface area contributed by atoms with Crippen molar-refractivity contribution in [3.05, 3.63) is 35.4 Å². The molecular formula is C17H28N2O2. The highest BCUT2D eigenvalue weighted by molar-refractivity contribution is 5.28. The fourth-order valence-electron chi connectivity index (χ4n) is 3.25. The van der Waals surface area contributed by atoms with E-state index in [1.807, 2.05) is 0 Å². The monoisotopic (exact) mass is 292 g/mol. The van der Waals surface area contributed by atoms with Gasteiger partial charge in [-0.05, 0) is 23.5 Å². The molecule has 1 aromatic rings. The third-order valence-electron chi connectivity index (χ3n) is 4.37. The Balaban J connectivity index is 2.27. The van der Waals surface area contributed by atoms with Crippen LogP contribution in [-0.4, -0.2) is 25.9 Å². The highest BCUT2D eigenvalue weighted by Gasteiger charge is 2.41. The van der Waals surface area contributed by atoms with Crippen LogP contribution in [0.5, 0.6) is 0 Å². The van der Waals surface area contributed by atoms with E-state index in [4.69, 9.17) is 15.3 Å². The van der Waals surface area contributed by atoms with Gasteiger partial charge in [-0.3, -0.25) is 11.3 Å². The van der Waals surface area contributed by atoms with Crippen LogP contribution in [0.4, 0.5) is 0 Å². The van der Waals surface area contributed by atoms with E-state index in [1.165, 1.54) is 11.1 Å². The van der Waals surface area contributed by atoms with Gasteiger partial charge in [-0.25, -0.2) is 0 Å². The maximum Gasteiger partial charge on any atom is 0.0929 e. The lowest BCUT2D eigenvalue weighted by Gasteiger charge is -2.42. The molecule has 118 valence electrons. The Hall–Kier alpha value is -0.940. The van der Waals surface area contributed by atoms with Gasteiger partial charge in [-0.15, -0.1) is 0 Å². The van der Waals surface area contributed by atoms with Crippen molar-refractivity contribution in [2.75, 3.05) is 20.3 Å². The van der Waals surface area contributed by atoms with Crippen molar-refractivity contribution in [2.45, 2.75) is 44.8 Å². The molecule has 3 N–H and O–H groups in total. The van der Waals surface area contributed by atoms with Crippen molar-refractivity contribution in [1.29, 1.82) is 0 Å². The molecule has 0 amide bonds. The Labute approximate surface area is 128 Å². The normalized spacial score (nSPS) is 19.7. The fourth-order valence-corrected chi connectivity index (χ4v) is 3.25. The first-order chi connectivity index (χ1) is 10.1. The van der Waals surface area contributed by atoms with Crippen LogP contribution in [0.1, 0.15) is 43.9 Å². The molecule has 1 heterocycles.